The molecule has 1 amide bonds. The summed E-state index contributed by atoms with van der Waals surface area (Å²) in [5.41, 5.74) is 2.33. The van der Waals surface area contributed by atoms with E-state index in [1.165, 1.54) is 18.1 Å². The van der Waals surface area contributed by atoms with Gasteiger partial charge in [-0.15, -0.1) is 0 Å². The fourth-order valence-electron chi connectivity index (χ4n) is 4.31. The van der Waals surface area contributed by atoms with Gasteiger partial charge in [0.05, 0.1) is 36.0 Å². The SMILES string of the molecule is CCCOc1ccccc1N1C(=O)C(=O)/C(=C(\O)c2ccc(OC)c(Cl)c2)C1c1ccc(N(C)C)cc1. The summed E-state index contributed by atoms with van der Waals surface area (Å²) in [7, 11) is 5.34. The first-order valence-corrected chi connectivity index (χ1v) is 12.3. The predicted octanol–water partition coefficient (Wildman–Crippen LogP) is 5.83. The van der Waals surface area contributed by atoms with Gasteiger partial charge >= 0.3 is 0 Å². The van der Waals surface area contributed by atoms with Gasteiger partial charge in [0, 0.05) is 25.3 Å². The molecule has 4 rings (SSSR count). The highest BCUT2D eigenvalue weighted by Crippen LogP contribution is 2.45. The van der Waals surface area contributed by atoms with Crippen molar-refractivity contribution >= 4 is 40.4 Å². The van der Waals surface area contributed by atoms with E-state index in [-0.39, 0.29) is 16.4 Å². The van der Waals surface area contributed by atoms with Gasteiger partial charge in [-0.05, 0) is 54.4 Å². The number of para-hydroxylation sites is 2. The molecule has 3 aromatic carbocycles. The zero-order chi connectivity index (χ0) is 26.7. The maximum atomic E-state index is 13.5. The molecule has 3 aromatic rings. The maximum Gasteiger partial charge on any atom is 0.300 e. The Balaban J connectivity index is 1.93. The molecular weight excluding hydrogens is 492 g/mol. The molecule has 0 aromatic heterocycles. The van der Waals surface area contributed by atoms with Gasteiger partial charge in [0.15, 0.2) is 0 Å². The zero-order valence-corrected chi connectivity index (χ0v) is 22.0. The molecule has 1 fully saturated rings. The molecule has 0 bridgehead atoms. The Morgan fingerprint density at radius 3 is 2.35 bits per heavy atom. The van der Waals surface area contributed by atoms with Crippen LogP contribution in [0.4, 0.5) is 11.4 Å². The number of hydrogen-bond acceptors (Lipinski definition) is 6. The van der Waals surface area contributed by atoms with Gasteiger partial charge in [-0.2, -0.15) is 0 Å². The molecule has 0 saturated carbocycles. The number of ether oxygens (including phenoxy) is 2. The van der Waals surface area contributed by atoms with Crippen LogP contribution in [0.3, 0.4) is 0 Å². The molecule has 0 radical (unpaired) electrons. The number of carbonyl (C=O) groups is 2. The molecule has 192 valence electrons. The van der Waals surface area contributed by atoms with Gasteiger partial charge in [-0.25, -0.2) is 0 Å². The van der Waals surface area contributed by atoms with Crippen LogP contribution in [0.2, 0.25) is 5.02 Å². The van der Waals surface area contributed by atoms with E-state index in [4.69, 9.17) is 21.1 Å². The van der Waals surface area contributed by atoms with Crippen LogP contribution in [-0.2, 0) is 9.59 Å². The molecule has 1 N–H and O–H groups in total. The largest absolute Gasteiger partial charge is 0.507 e. The van der Waals surface area contributed by atoms with E-state index >= 15 is 0 Å². The summed E-state index contributed by atoms with van der Waals surface area (Å²) in [6.07, 6.45) is 0.779. The van der Waals surface area contributed by atoms with Crippen LogP contribution >= 0.6 is 11.6 Å². The summed E-state index contributed by atoms with van der Waals surface area (Å²) in [6.45, 7) is 2.44. The van der Waals surface area contributed by atoms with Crippen molar-refractivity contribution in [2.24, 2.45) is 0 Å². The minimum absolute atomic E-state index is 0.0332. The van der Waals surface area contributed by atoms with Gasteiger partial charge in [-0.1, -0.05) is 42.8 Å². The fourth-order valence-corrected chi connectivity index (χ4v) is 4.57. The number of amides is 1. The second-order valence-corrected chi connectivity index (χ2v) is 9.23. The predicted molar refractivity (Wildman–Crippen MR) is 146 cm³/mol. The topological polar surface area (TPSA) is 79.3 Å². The van der Waals surface area contributed by atoms with Crippen LogP contribution in [-0.4, -0.2) is 44.6 Å². The highest BCUT2D eigenvalue weighted by Gasteiger charge is 2.47. The number of methoxy groups -OCH3 is 1. The summed E-state index contributed by atoms with van der Waals surface area (Å²) >= 11 is 6.30. The summed E-state index contributed by atoms with van der Waals surface area (Å²) in [4.78, 5) is 30.4. The molecule has 0 aliphatic carbocycles. The normalized spacial score (nSPS) is 16.7. The molecule has 1 aliphatic rings. The van der Waals surface area contributed by atoms with Gasteiger partial charge in [0.25, 0.3) is 11.7 Å². The van der Waals surface area contributed by atoms with E-state index in [1.54, 1.807) is 30.3 Å². The number of halogens is 1. The molecule has 1 unspecified atom stereocenters. The van der Waals surface area contributed by atoms with Crippen LogP contribution in [0, 0.1) is 0 Å². The van der Waals surface area contributed by atoms with Gasteiger partial charge < -0.3 is 19.5 Å². The lowest BCUT2D eigenvalue weighted by Gasteiger charge is -2.27. The van der Waals surface area contributed by atoms with Gasteiger partial charge in [0.1, 0.15) is 17.3 Å². The third-order valence-electron chi connectivity index (χ3n) is 6.18. The van der Waals surface area contributed by atoms with E-state index in [2.05, 4.69) is 0 Å². The molecule has 8 heteroatoms. The third-order valence-corrected chi connectivity index (χ3v) is 6.48. The number of Topliss-reactive ketones (excluding diaryl/α,β-unsaturated/α-hetero) is 1. The number of benzene rings is 3. The lowest BCUT2D eigenvalue weighted by molar-refractivity contribution is -0.132. The van der Waals surface area contributed by atoms with Crippen molar-refractivity contribution in [1.82, 2.24) is 0 Å². The van der Waals surface area contributed by atoms with E-state index < -0.39 is 17.7 Å². The number of rotatable bonds is 8. The molecule has 1 heterocycles. The number of carbonyl (C=O) groups excluding carboxylic acids is 2. The molecular formula is C29H29ClN2O5. The smallest absolute Gasteiger partial charge is 0.300 e. The van der Waals surface area contributed by atoms with Crippen LogP contribution in [0.1, 0.15) is 30.5 Å². The highest BCUT2D eigenvalue weighted by molar-refractivity contribution is 6.52. The molecule has 1 saturated heterocycles. The number of ketones is 1. The highest BCUT2D eigenvalue weighted by atomic mass is 35.5. The quantitative estimate of drug-likeness (QED) is 0.229. The van der Waals surface area contributed by atoms with Crippen molar-refractivity contribution < 1.29 is 24.2 Å². The van der Waals surface area contributed by atoms with E-state index in [1.807, 2.05) is 56.3 Å². The molecule has 1 atom stereocenters. The molecule has 7 nitrogen and oxygen atoms in total. The second kappa shape index (κ2) is 11.0. The number of anilines is 2. The van der Waals surface area contributed by atoms with E-state index in [9.17, 15) is 14.7 Å². The number of nitrogens with zero attached hydrogens (tertiary/aromatic N) is 2. The van der Waals surface area contributed by atoms with Gasteiger partial charge in [0.2, 0.25) is 0 Å². The summed E-state index contributed by atoms with van der Waals surface area (Å²) < 4.78 is 11.1. The first-order valence-electron chi connectivity index (χ1n) is 11.9. The second-order valence-electron chi connectivity index (χ2n) is 8.82. The van der Waals surface area contributed by atoms with Crippen molar-refractivity contribution in [2.45, 2.75) is 19.4 Å². The minimum Gasteiger partial charge on any atom is -0.507 e. The van der Waals surface area contributed by atoms with Crippen LogP contribution in [0.5, 0.6) is 11.5 Å². The Labute approximate surface area is 221 Å². The number of hydrogen-bond donors (Lipinski definition) is 1. The third kappa shape index (κ3) is 5.00. The monoisotopic (exact) mass is 520 g/mol. The maximum absolute atomic E-state index is 13.5. The Hall–Kier alpha value is -3.97. The first-order chi connectivity index (χ1) is 17.8. The summed E-state index contributed by atoms with van der Waals surface area (Å²) in [6, 6.07) is 18.4. The standard InChI is InChI=1S/C29H29ClN2O5/c1-5-16-37-24-9-7-6-8-22(24)32-26(18-10-13-20(14-11-18)31(2)3)25(28(34)29(32)35)27(33)19-12-15-23(36-4)21(30)17-19/h6-15,17,26,33H,5,16H2,1-4H3/b27-25-. The Morgan fingerprint density at radius 1 is 1.03 bits per heavy atom. The van der Waals surface area contributed by atoms with E-state index in [0.717, 1.165) is 12.1 Å². The Kier molecular flexibility index (Phi) is 7.74. The average molecular weight is 521 g/mol. The summed E-state index contributed by atoms with van der Waals surface area (Å²) in [5, 5.41) is 11.7. The fraction of sp³-hybridized carbons (Fsp3) is 0.241. The number of aliphatic hydroxyl groups is 1. The Morgan fingerprint density at radius 2 is 1.73 bits per heavy atom. The average Bonchev–Trinajstić information content (AvgIpc) is 3.17. The van der Waals surface area contributed by atoms with Crippen molar-refractivity contribution in [2.75, 3.05) is 37.6 Å². The molecule has 1 aliphatic heterocycles. The van der Waals surface area contributed by atoms with Gasteiger partial charge in [-0.3, -0.25) is 14.5 Å². The summed E-state index contributed by atoms with van der Waals surface area (Å²) in [5.74, 6) is -0.962. The van der Waals surface area contributed by atoms with Crippen LogP contribution in [0.15, 0.2) is 72.3 Å². The minimum atomic E-state index is -0.886. The first kappa shape index (κ1) is 26.1. The van der Waals surface area contributed by atoms with E-state index in [0.29, 0.717) is 34.9 Å². The lowest BCUT2D eigenvalue weighted by Crippen LogP contribution is -2.30. The zero-order valence-electron chi connectivity index (χ0n) is 21.2. The van der Waals surface area contributed by atoms with Crippen molar-refractivity contribution in [3.63, 3.8) is 0 Å². The van der Waals surface area contributed by atoms with Crippen LogP contribution in [0.25, 0.3) is 5.76 Å². The van der Waals surface area contributed by atoms with Crippen molar-refractivity contribution in [1.29, 1.82) is 0 Å². The number of aliphatic hydroxyl groups excluding tert-OH is 1. The van der Waals surface area contributed by atoms with Crippen molar-refractivity contribution in [3.05, 3.63) is 88.5 Å². The lowest BCUT2D eigenvalue weighted by atomic mass is 9.94. The van der Waals surface area contributed by atoms with Crippen molar-refractivity contribution in [3.8, 4) is 11.5 Å². The Bertz CT molecular complexity index is 1350. The molecule has 0 spiro atoms. The van der Waals surface area contributed by atoms with Crippen LogP contribution < -0.4 is 19.3 Å². The molecule has 37 heavy (non-hydrogen) atoms.